The molecule has 0 unspecified atom stereocenters. The molecule has 0 saturated heterocycles. The van der Waals surface area contributed by atoms with Crippen molar-refractivity contribution in [2.45, 2.75) is 13.8 Å². The predicted molar refractivity (Wildman–Crippen MR) is 96.4 cm³/mol. The van der Waals surface area contributed by atoms with Crippen molar-refractivity contribution in [3.05, 3.63) is 63.6 Å². The molecular weight excluding hydrogens is 356 g/mol. The summed E-state index contributed by atoms with van der Waals surface area (Å²) in [5, 5.41) is 0. The van der Waals surface area contributed by atoms with Crippen molar-refractivity contribution < 1.29 is 14.3 Å². The number of halogens is 1. The lowest BCUT2D eigenvalue weighted by atomic mass is 10.1. The van der Waals surface area contributed by atoms with Gasteiger partial charge in [0, 0.05) is 5.56 Å². The third-order valence-electron chi connectivity index (χ3n) is 3.30. The molecule has 0 spiro atoms. The van der Waals surface area contributed by atoms with Gasteiger partial charge in [-0.25, -0.2) is 0 Å². The number of hydrogen-bond acceptors (Lipinski definition) is 3. The largest absolute Gasteiger partial charge is 0.492 e. The lowest BCUT2D eigenvalue weighted by Crippen LogP contribution is -1.97. The van der Waals surface area contributed by atoms with Gasteiger partial charge in [-0.05, 0) is 53.5 Å². The average molecular weight is 375 g/mol. The van der Waals surface area contributed by atoms with Crippen molar-refractivity contribution in [1.82, 2.24) is 0 Å². The molecule has 0 atom stereocenters. The van der Waals surface area contributed by atoms with E-state index in [1.54, 1.807) is 19.3 Å². The minimum Gasteiger partial charge on any atom is -0.492 e. The molecule has 0 radical (unpaired) electrons. The Bertz CT molecular complexity index is 718. The number of ether oxygens (including phenoxy) is 2. The van der Waals surface area contributed by atoms with E-state index in [1.807, 2.05) is 50.2 Å². The van der Waals surface area contributed by atoms with E-state index >= 15 is 0 Å². The Balaban J connectivity index is 2.25. The molecule has 2 aromatic carbocycles. The number of carbonyl (C=O) groups excluding carboxylic acids is 1. The molecule has 0 bridgehead atoms. The molecule has 0 fully saturated rings. The van der Waals surface area contributed by atoms with Gasteiger partial charge in [0.05, 0.1) is 18.2 Å². The van der Waals surface area contributed by atoms with Gasteiger partial charge in [-0.15, -0.1) is 0 Å². The van der Waals surface area contributed by atoms with Crippen molar-refractivity contribution in [1.29, 1.82) is 0 Å². The van der Waals surface area contributed by atoms with Crippen LogP contribution < -0.4 is 9.47 Å². The SMILES string of the molecule is CCOc1cc(/C=C/C(=O)c2ccc(C)cc2)cc(Br)c1OC. The third kappa shape index (κ3) is 4.45. The molecule has 0 N–H and O–H groups in total. The molecule has 0 aliphatic heterocycles. The van der Waals surface area contributed by atoms with E-state index in [0.717, 1.165) is 15.6 Å². The van der Waals surface area contributed by atoms with Crippen molar-refractivity contribution in [3.8, 4) is 11.5 Å². The van der Waals surface area contributed by atoms with E-state index in [9.17, 15) is 4.79 Å². The van der Waals surface area contributed by atoms with Gasteiger partial charge in [0.1, 0.15) is 0 Å². The van der Waals surface area contributed by atoms with Crippen molar-refractivity contribution >= 4 is 27.8 Å². The number of hydrogen-bond donors (Lipinski definition) is 0. The first kappa shape index (κ1) is 17.3. The van der Waals surface area contributed by atoms with Gasteiger partial charge in [0.2, 0.25) is 0 Å². The molecule has 0 aliphatic carbocycles. The fourth-order valence-electron chi connectivity index (χ4n) is 2.13. The first-order valence-electron chi connectivity index (χ1n) is 7.34. The smallest absolute Gasteiger partial charge is 0.185 e. The van der Waals surface area contributed by atoms with Crippen LogP contribution in [0.25, 0.3) is 6.08 Å². The Hall–Kier alpha value is -2.07. The summed E-state index contributed by atoms with van der Waals surface area (Å²) >= 11 is 3.46. The molecule has 0 heterocycles. The number of carbonyl (C=O) groups is 1. The van der Waals surface area contributed by atoms with Crippen LogP contribution in [0.5, 0.6) is 11.5 Å². The summed E-state index contributed by atoms with van der Waals surface area (Å²) in [5.41, 5.74) is 2.66. The van der Waals surface area contributed by atoms with Gasteiger partial charge in [-0.2, -0.15) is 0 Å². The lowest BCUT2D eigenvalue weighted by Gasteiger charge is -2.12. The van der Waals surface area contributed by atoms with Crippen LogP contribution in [0, 0.1) is 6.92 Å². The minimum atomic E-state index is -0.0325. The van der Waals surface area contributed by atoms with Gasteiger partial charge in [0.15, 0.2) is 17.3 Å². The number of allylic oxidation sites excluding steroid dienone is 1. The Morgan fingerprint density at radius 1 is 1.22 bits per heavy atom. The maximum atomic E-state index is 12.2. The number of methoxy groups -OCH3 is 1. The monoisotopic (exact) mass is 374 g/mol. The van der Waals surface area contributed by atoms with Crippen LogP contribution in [0.3, 0.4) is 0 Å². The molecule has 120 valence electrons. The summed E-state index contributed by atoms with van der Waals surface area (Å²) in [5.74, 6) is 1.26. The highest BCUT2D eigenvalue weighted by molar-refractivity contribution is 9.10. The molecule has 2 rings (SSSR count). The van der Waals surface area contributed by atoms with Gasteiger partial charge in [-0.1, -0.05) is 35.9 Å². The fourth-order valence-corrected chi connectivity index (χ4v) is 2.75. The number of rotatable bonds is 6. The van der Waals surface area contributed by atoms with Crippen LogP contribution in [0.15, 0.2) is 46.9 Å². The Kier molecular flexibility index (Phi) is 5.99. The second-order valence-electron chi connectivity index (χ2n) is 5.03. The van der Waals surface area contributed by atoms with Crippen LogP contribution in [0.1, 0.15) is 28.4 Å². The summed E-state index contributed by atoms with van der Waals surface area (Å²) in [7, 11) is 1.60. The second kappa shape index (κ2) is 7.97. The van der Waals surface area contributed by atoms with Crippen molar-refractivity contribution in [2.75, 3.05) is 13.7 Å². The van der Waals surface area contributed by atoms with Crippen LogP contribution in [-0.4, -0.2) is 19.5 Å². The van der Waals surface area contributed by atoms with Crippen molar-refractivity contribution in [3.63, 3.8) is 0 Å². The van der Waals surface area contributed by atoms with E-state index < -0.39 is 0 Å². The highest BCUT2D eigenvalue weighted by atomic mass is 79.9. The first-order chi connectivity index (χ1) is 11.0. The average Bonchev–Trinajstić information content (AvgIpc) is 2.53. The molecule has 3 nitrogen and oxygen atoms in total. The lowest BCUT2D eigenvalue weighted by molar-refractivity contribution is 0.104. The zero-order valence-corrected chi connectivity index (χ0v) is 15.0. The topological polar surface area (TPSA) is 35.5 Å². The minimum absolute atomic E-state index is 0.0325. The standard InChI is InChI=1S/C19H19BrO3/c1-4-23-18-12-14(11-16(20)19(18)22-3)7-10-17(21)15-8-5-13(2)6-9-15/h5-12H,4H2,1-3H3/b10-7+. The molecule has 0 saturated carbocycles. The zero-order chi connectivity index (χ0) is 16.8. The van der Waals surface area contributed by atoms with Gasteiger partial charge < -0.3 is 9.47 Å². The van der Waals surface area contributed by atoms with E-state index in [2.05, 4.69) is 15.9 Å². The fraction of sp³-hybridized carbons (Fsp3) is 0.211. The highest BCUT2D eigenvalue weighted by Gasteiger charge is 2.10. The number of benzene rings is 2. The Labute approximate surface area is 145 Å². The maximum absolute atomic E-state index is 12.2. The molecule has 0 aromatic heterocycles. The Morgan fingerprint density at radius 2 is 1.91 bits per heavy atom. The van der Waals surface area contributed by atoms with Crippen molar-refractivity contribution in [2.24, 2.45) is 0 Å². The first-order valence-corrected chi connectivity index (χ1v) is 8.14. The van der Waals surface area contributed by atoms with E-state index in [-0.39, 0.29) is 5.78 Å². The highest BCUT2D eigenvalue weighted by Crippen LogP contribution is 2.36. The van der Waals surface area contributed by atoms with E-state index in [0.29, 0.717) is 23.7 Å². The zero-order valence-electron chi connectivity index (χ0n) is 13.4. The summed E-state index contributed by atoms with van der Waals surface area (Å²) in [6.45, 7) is 4.45. The van der Waals surface area contributed by atoms with Gasteiger partial charge in [0.25, 0.3) is 0 Å². The molecule has 0 aliphatic rings. The van der Waals surface area contributed by atoms with Crippen LogP contribution >= 0.6 is 15.9 Å². The summed E-state index contributed by atoms with van der Waals surface area (Å²) in [6, 6.07) is 11.3. The molecule has 2 aromatic rings. The van der Waals surface area contributed by atoms with Crippen LogP contribution in [0.4, 0.5) is 0 Å². The van der Waals surface area contributed by atoms with E-state index in [1.165, 1.54) is 0 Å². The predicted octanol–water partition coefficient (Wildman–Crippen LogP) is 5.06. The molecule has 0 amide bonds. The van der Waals surface area contributed by atoms with E-state index in [4.69, 9.17) is 9.47 Å². The van der Waals surface area contributed by atoms with Crippen LogP contribution in [-0.2, 0) is 0 Å². The summed E-state index contributed by atoms with van der Waals surface area (Å²) in [6.07, 6.45) is 3.34. The molecular formula is C19H19BrO3. The number of ketones is 1. The third-order valence-corrected chi connectivity index (χ3v) is 3.89. The molecule has 4 heteroatoms. The number of aryl methyl sites for hydroxylation is 1. The van der Waals surface area contributed by atoms with Gasteiger partial charge in [-0.3, -0.25) is 4.79 Å². The normalized spacial score (nSPS) is 10.8. The summed E-state index contributed by atoms with van der Waals surface area (Å²) < 4.78 is 11.7. The molecule has 23 heavy (non-hydrogen) atoms. The second-order valence-corrected chi connectivity index (χ2v) is 5.89. The quantitative estimate of drug-likeness (QED) is 0.523. The summed E-state index contributed by atoms with van der Waals surface area (Å²) in [4.78, 5) is 12.2. The Morgan fingerprint density at radius 3 is 2.52 bits per heavy atom. The van der Waals surface area contributed by atoms with Gasteiger partial charge >= 0.3 is 0 Å². The van der Waals surface area contributed by atoms with Crippen LogP contribution in [0.2, 0.25) is 0 Å². The maximum Gasteiger partial charge on any atom is 0.185 e.